The van der Waals surface area contributed by atoms with Crippen LogP contribution in [0.3, 0.4) is 0 Å². The molecular weight excluding hydrogens is 142 g/mol. The van der Waals surface area contributed by atoms with Crippen molar-refractivity contribution in [3.8, 4) is 0 Å². The highest BCUT2D eigenvalue weighted by Gasteiger charge is 2.17. The quantitative estimate of drug-likeness (QED) is 0.552. The van der Waals surface area contributed by atoms with E-state index >= 15 is 0 Å². The van der Waals surface area contributed by atoms with Crippen molar-refractivity contribution >= 4 is 6.29 Å². The molecule has 1 saturated heterocycles. The molecular formula is C8H15NO2. The van der Waals surface area contributed by atoms with Crippen LogP contribution >= 0.6 is 0 Å². The predicted molar refractivity (Wildman–Crippen MR) is 42.5 cm³/mol. The Morgan fingerprint density at radius 3 is 3.18 bits per heavy atom. The molecule has 1 aliphatic rings. The van der Waals surface area contributed by atoms with Gasteiger partial charge in [0.05, 0.1) is 19.3 Å². The highest BCUT2D eigenvalue weighted by molar-refractivity contribution is 5.51. The van der Waals surface area contributed by atoms with Crippen molar-refractivity contribution in [2.75, 3.05) is 26.2 Å². The summed E-state index contributed by atoms with van der Waals surface area (Å²) in [5.41, 5.74) is 0. The van der Waals surface area contributed by atoms with E-state index in [1.807, 2.05) is 0 Å². The molecule has 64 valence electrons. The van der Waals surface area contributed by atoms with Crippen LogP contribution in [0, 0.1) is 0 Å². The van der Waals surface area contributed by atoms with Gasteiger partial charge in [0.15, 0.2) is 0 Å². The maximum atomic E-state index is 10.2. The van der Waals surface area contributed by atoms with Gasteiger partial charge in [0.2, 0.25) is 0 Å². The minimum Gasteiger partial charge on any atom is -0.376 e. The summed E-state index contributed by atoms with van der Waals surface area (Å²) in [6.07, 6.45) is 2.33. The second-order valence-electron chi connectivity index (χ2n) is 2.83. The van der Waals surface area contributed by atoms with Gasteiger partial charge in [-0.25, -0.2) is 0 Å². The number of ether oxygens (including phenoxy) is 1. The molecule has 1 aliphatic heterocycles. The Hall–Kier alpha value is -0.410. The highest BCUT2D eigenvalue weighted by Crippen LogP contribution is 2.06. The van der Waals surface area contributed by atoms with Crippen molar-refractivity contribution in [3.63, 3.8) is 0 Å². The fourth-order valence-corrected chi connectivity index (χ4v) is 1.30. The molecule has 0 aromatic heterocycles. The molecule has 1 heterocycles. The Labute approximate surface area is 67.3 Å². The lowest BCUT2D eigenvalue weighted by atomic mass is 10.2. The van der Waals surface area contributed by atoms with Crippen molar-refractivity contribution in [2.24, 2.45) is 0 Å². The number of carbonyl (C=O) groups is 1. The predicted octanol–water partition coefficient (Wildman–Crippen LogP) is 0.296. The molecule has 0 N–H and O–H groups in total. The van der Waals surface area contributed by atoms with E-state index in [0.29, 0.717) is 12.6 Å². The van der Waals surface area contributed by atoms with Crippen molar-refractivity contribution in [1.82, 2.24) is 4.90 Å². The van der Waals surface area contributed by atoms with Crippen molar-refractivity contribution in [1.29, 1.82) is 0 Å². The normalized spacial score (nSPS) is 26.8. The molecule has 0 aromatic rings. The lowest BCUT2D eigenvalue weighted by Gasteiger charge is -2.30. The van der Waals surface area contributed by atoms with Crippen LogP contribution in [0.1, 0.15) is 13.3 Å². The van der Waals surface area contributed by atoms with Gasteiger partial charge in [-0.1, -0.05) is 6.92 Å². The van der Waals surface area contributed by atoms with Gasteiger partial charge in [-0.05, 0) is 6.42 Å². The second-order valence-corrected chi connectivity index (χ2v) is 2.83. The first kappa shape index (κ1) is 8.68. The molecule has 3 heteroatoms. The summed E-state index contributed by atoms with van der Waals surface area (Å²) in [7, 11) is 0. The smallest absolute Gasteiger partial charge is 0.133 e. The van der Waals surface area contributed by atoms with Gasteiger partial charge in [0.25, 0.3) is 0 Å². The van der Waals surface area contributed by atoms with Gasteiger partial charge >= 0.3 is 0 Å². The van der Waals surface area contributed by atoms with E-state index < -0.39 is 0 Å². The Kier molecular flexibility index (Phi) is 3.52. The summed E-state index contributed by atoms with van der Waals surface area (Å²) < 4.78 is 5.45. The summed E-state index contributed by atoms with van der Waals surface area (Å²) in [5, 5.41) is 0. The monoisotopic (exact) mass is 157 g/mol. The van der Waals surface area contributed by atoms with E-state index in [4.69, 9.17) is 4.74 Å². The average molecular weight is 157 g/mol. The zero-order chi connectivity index (χ0) is 8.10. The number of nitrogens with zero attached hydrogens (tertiary/aromatic N) is 1. The Balaban J connectivity index is 2.27. The number of carbonyl (C=O) groups excluding carboxylic acids is 1. The lowest BCUT2D eigenvalue weighted by molar-refractivity contribution is -0.110. The van der Waals surface area contributed by atoms with Crippen molar-refractivity contribution in [3.05, 3.63) is 0 Å². The van der Waals surface area contributed by atoms with Gasteiger partial charge in [-0.2, -0.15) is 0 Å². The van der Waals surface area contributed by atoms with Crippen LogP contribution in [0.25, 0.3) is 0 Å². The Morgan fingerprint density at radius 2 is 2.55 bits per heavy atom. The summed E-state index contributed by atoms with van der Waals surface area (Å²) in [6, 6.07) is 0. The summed E-state index contributed by atoms with van der Waals surface area (Å²) in [6.45, 7) is 5.24. The lowest BCUT2D eigenvalue weighted by Crippen LogP contribution is -2.42. The van der Waals surface area contributed by atoms with Gasteiger partial charge in [-0.15, -0.1) is 0 Å². The first-order valence-corrected chi connectivity index (χ1v) is 4.14. The van der Waals surface area contributed by atoms with Gasteiger partial charge < -0.3 is 9.53 Å². The molecule has 0 bridgehead atoms. The van der Waals surface area contributed by atoms with E-state index in [1.54, 1.807) is 0 Å². The standard InChI is InChI=1S/C8H15NO2/c1-2-8-7-9(3-5-10)4-6-11-8/h5,8H,2-4,6-7H2,1H3. The van der Waals surface area contributed by atoms with Gasteiger partial charge in [-0.3, -0.25) is 4.90 Å². The summed E-state index contributed by atoms with van der Waals surface area (Å²) >= 11 is 0. The van der Waals surface area contributed by atoms with E-state index in [9.17, 15) is 4.79 Å². The molecule has 1 fully saturated rings. The third-order valence-corrected chi connectivity index (χ3v) is 2.01. The molecule has 1 atom stereocenters. The van der Waals surface area contributed by atoms with Crippen LogP contribution in [0.2, 0.25) is 0 Å². The van der Waals surface area contributed by atoms with Gasteiger partial charge in [0, 0.05) is 13.1 Å². The SMILES string of the molecule is CCC1CN(CC=O)CCO1. The summed E-state index contributed by atoms with van der Waals surface area (Å²) in [5.74, 6) is 0. The van der Waals surface area contributed by atoms with E-state index in [1.165, 1.54) is 0 Å². The third-order valence-electron chi connectivity index (χ3n) is 2.01. The van der Waals surface area contributed by atoms with Crippen LogP contribution in [0.5, 0.6) is 0 Å². The molecule has 1 rings (SSSR count). The van der Waals surface area contributed by atoms with Gasteiger partial charge in [0.1, 0.15) is 6.29 Å². The maximum absolute atomic E-state index is 10.2. The Bertz CT molecular complexity index is 127. The molecule has 1 unspecified atom stereocenters. The highest BCUT2D eigenvalue weighted by atomic mass is 16.5. The molecule has 0 aromatic carbocycles. The summed E-state index contributed by atoms with van der Waals surface area (Å²) in [4.78, 5) is 12.3. The zero-order valence-corrected chi connectivity index (χ0v) is 6.95. The number of rotatable bonds is 3. The average Bonchev–Trinajstić information content (AvgIpc) is 2.06. The Morgan fingerprint density at radius 1 is 1.73 bits per heavy atom. The minimum absolute atomic E-state index is 0.337. The van der Waals surface area contributed by atoms with Crippen molar-refractivity contribution in [2.45, 2.75) is 19.4 Å². The third kappa shape index (κ3) is 2.60. The number of morpholine rings is 1. The largest absolute Gasteiger partial charge is 0.376 e. The first-order chi connectivity index (χ1) is 5.36. The molecule has 0 amide bonds. The number of hydrogen-bond acceptors (Lipinski definition) is 3. The van der Waals surface area contributed by atoms with E-state index in [2.05, 4.69) is 11.8 Å². The topological polar surface area (TPSA) is 29.5 Å². The zero-order valence-electron chi connectivity index (χ0n) is 6.95. The second kappa shape index (κ2) is 4.46. The number of aldehydes is 1. The molecule has 0 spiro atoms. The fourth-order valence-electron chi connectivity index (χ4n) is 1.30. The van der Waals surface area contributed by atoms with Crippen LogP contribution < -0.4 is 0 Å². The minimum atomic E-state index is 0.337. The van der Waals surface area contributed by atoms with Crippen LogP contribution in [-0.4, -0.2) is 43.5 Å². The van der Waals surface area contributed by atoms with Crippen LogP contribution in [-0.2, 0) is 9.53 Å². The van der Waals surface area contributed by atoms with E-state index in [0.717, 1.165) is 32.4 Å². The first-order valence-electron chi connectivity index (χ1n) is 4.14. The van der Waals surface area contributed by atoms with Crippen LogP contribution in [0.4, 0.5) is 0 Å². The molecule has 0 radical (unpaired) electrons. The molecule has 0 aliphatic carbocycles. The maximum Gasteiger partial charge on any atom is 0.133 e. The van der Waals surface area contributed by atoms with Crippen molar-refractivity contribution < 1.29 is 9.53 Å². The number of hydrogen-bond donors (Lipinski definition) is 0. The van der Waals surface area contributed by atoms with E-state index in [-0.39, 0.29) is 0 Å². The molecule has 11 heavy (non-hydrogen) atoms. The molecule has 3 nitrogen and oxygen atoms in total. The van der Waals surface area contributed by atoms with Crippen LogP contribution in [0.15, 0.2) is 0 Å². The fraction of sp³-hybridized carbons (Fsp3) is 0.875. The molecule has 0 saturated carbocycles.